The predicted molar refractivity (Wildman–Crippen MR) is 101 cm³/mol. The van der Waals surface area contributed by atoms with E-state index in [1.54, 1.807) is 16.8 Å². The Labute approximate surface area is 158 Å². The lowest BCUT2D eigenvalue weighted by Crippen LogP contribution is -2.29. The van der Waals surface area contributed by atoms with Crippen LogP contribution in [0.25, 0.3) is 0 Å². The summed E-state index contributed by atoms with van der Waals surface area (Å²) in [5.41, 5.74) is 6.96. The lowest BCUT2D eigenvalue weighted by molar-refractivity contribution is -0.134. The van der Waals surface area contributed by atoms with E-state index >= 15 is 0 Å². The fourth-order valence-corrected chi connectivity index (χ4v) is 2.26. The number of amides is 1. The second kappa shape index (κ2) is 10.9. The van der Waals surface area contributed by atoms with Crippen LogP contribution in [0.4, 0.5) is 0 Å². The van der Waals surface area contributed by atoms with Gasteiger partial charge in [-0.25, -0.2) is 9.67 Å². The van der Waals surface area contributed by atoms with Gasteiger partial charge >= 0.3 is 0 Å². The maximum atomic E-state index is 12.4. The molecule has 1 atom stereocenters. The van der Waals surface area contributed by atoms with Crippen LogP contribution in [-0.2, 0) is 11.3 Å². The minimum absolute atomic E-state index is 0.180. The number of aromatic nitrogens is 3. The largest absolute Gasteiger partial charge is 0.492 e. The molecule has 9 nitrogen and oxygen atoms in total. The van der Waals surface area contributed by atoms with Crippen molar-refractivity contribution in [3.8, 4) is 5.75 Å². The molecule has 0 saturated heterocycles. The average molecular weight is 377 g/mol. The normalized spacial score (nSPS) is 11.1. The summed E-state index contributed by atoms with van der Waals surface area (Å²) >= 11 is 0. The summed E-state index contributed by atoms with van der Waals surface area (Å²) in [7, 11) is 0. The van der Waals surface area contributed by atoms with Gasteiger partial charge in [-0.3, -0.25) is 9.59 Å². The first-order chi connectivity index (χ1) is 12.8. The molecular formula is C18H27N5O4. The minimum Gasteiger partial charge on any atom is -0.492 e. The molecule has 0 spiro atoms. The molecule has 1 aromatic carbocycles. The van der Waals surface area contributed by atoms with Crippen LogP contribution < -0.4 is 15.8 Å². The van der Waals surface area contributed by atoms with Crippen molar-refractivity contribution >= 4 is 11.9 Å². The number of benzene rings is 1. The van der Waals surface area contributed by atoms with Gasteiger partial charge in [0.25, 0.3) is 11.9 Å². The summed E-state index contributed by atoms with van der Waals surface area (Å²) in [6.07, 6.45) is 1.49. The van der Waals surface area contributed by atoms with Crippen LogP contribution >= 0.6 is 0 Å². The highest BCUT2D eigenvalue weighted by Gasteiger charge is 2.17. The number of carbonyl (C=O) groups is 2. The van der Waals surface area contributed by atoms with E-state index in [9.17, 15) is 4.79 Å². The predicted octanol–water partition coefficient (Wildman–Crippen LogP) is 1.53. The smallest absolute Gasteiger partial charge is 0.300 e. The zero-order valence-corrected chi connectivity index (χ0v) is 16.1. The van der Waals surface area contributed by atoms with E-state index in [0.29, 0.717) is 31.0 Å². The number of carbonyl (C=O) groups excluding carboxylic acids is 1. The van der Waals surface area contributed by atoms with Crippen molar-refractivity contribution in [2.75, 3.05) is 13.2 Å². The molecule has 0 bridgehead atoms. The van der Waals surface area contributed by atoms with Gasteiger partial charge in [0.05, 0.1) is 6.04 Å². The Morgan fingerprint density at radius 1 is 1.41 bits per heavy atom. The van der Waals surface area contributed by atoms with Crippen molar-refractivity contribution < 1.29 is 19.4 Å². The molecule has 2 aromatic rings. The Bertz CT molecular complexity index is 756. The monoisotopic (exact) mass is 377 g/mol. The second-order valence-electron chi connectivity index (χ2n) is 5.77. The third-order valence-corrected chi connectivity index (χ3v) is 3.51. The van der Waals surface area contributed by atoms with E-state index in [1.165, 1.54) is 6.33 Å². The number of rotatable bonds is 7. The van der Waals surface area contributed by atoms with E-state index in [0.717, 1.165) is 18.3 Å². The van der Waals surface area contributed by atoms with Gasteiger partial charge in [0.2, 0.25) is 0 Å². The number of nitrogens with two attached hydrogens (primary N) is 1. The molecule has 0 fully saturated rings. The topological polar surface area (TPSA) is 132 Å². The van der Waals surface area contributed by atoms with Gasteiger partial charge in [-0.05, 0) is 38.5 Å². The molecule has 4 N–H and O–H groups in total. The van der Waals surface area contributed by atoms with Crippen molar-refractivity contribution in [2.24, 2.45) is 5.73 Å². The van der Waals surface area contributed by atoms with Crippen LogP contribution in [0.1, 0.15) is 48.6 Å². The number of carboxylic acids is 1. The number of ether oxygens (including phenoxy) is 1. The van der Waals surface area contributed by atoms with E-state index in [1.807, 2.05) is 26.8 Å². The van der Waals surface area contributed by atoms with Gasteiger partial charge in [-0.2, -0.15) is 5.10 Å². The highest BCUT2D eigenvalue weighted by Crippen LogP contribution is 2.20. The maximum absolute atomic E-state index is 12.4. The van der Waals surface area contributed by atoms with Crippen molar-refractivity contribution in [2.45, 2.75) is 40.3 Å². The SMILES string of the molecule is CC(=O)O.CCn1ncnc1C(C)NC(=O)c1ccc(C)c(OCCN)c1. The highest BCUT2D eigenvalue weighted by atomic mass is 16.5. The number of carboxylic acid groups (broad SMARTS) is 1. The standard InChI is InChI=1S/C16H23N5O2.C2H4O2/c1-4-21-15(18-10-19-21)12(3)20-16(22)13-6-5-11(2)14(9-13)23-8-7-17;1-2(3)4/h5-6,9-10,12H,4,7-8,17H2,1-3H3,(H,20,22);1H3,(H,3,4). The Hall–Kier alpha value is -2.94. The van der Waals surface area contributed by atoms with Gasteiger partial charge in [-0.1, -0.05) is 6.07 Å². The first-order valence-corrected chi connectivity index (χ1v) is 8.61. The summed E-state index contributed by atoms with van der Waals surface area (Å²) in [4.78, 5) is 25.6. The first kappa shape index (κ1) is 22.1. The van der Waals surface area contributed by atoms with Gasteiger partial charge in [-0.15, -0.1) is 0 Å². The average Bonchev–Trinajstić information content (AvgIpc) is 3.09. The molecule has 148 valence electrons. The van der Waals surface area contributed by atoms with Crippen LogP contribution in [-0.4, -0.2) is 44.9 Å². The van der Waals surface area contributed by atoms with Crippen molar-refractivity contribution in [1.29, 1.82) is 0 Å². The fraction of sp³-hybridized carbons (Fsp3) is 0.444. The van der Waals surface area contributed by atoms with Crippen LogP contribution in [0, 0.1) is 6.92 Å². The van der Waals surface area contributed by atoms with Crippen LogP contribution in [0.15, 0.2) is 24.5 Å². The maximum Gasteiger partial charge on any atom is 0.300 e. The lowest BCUT2D eigenvalue weighted by Gasteiger charge is -2.15. The lowest BCUT2D eigenvalue weighted by atomic mass is 10.1. The van der Waals surface area contributed by atoms with Crippen molar-refractivity contribution in [3.05, 3.63) is 41.5 Å². The van der Waals surface area contributed by atoms with E-state index in [-0.39, 0.29) is 11.9 Å². The molecule has 0 radical (unpaired) electrons. The highest BCUT2D eigenvalue weighted by molar-refractivity contribution is 5.94. The molecule has 1 unspecified atom stereocenters. The Kier molecular flexibility index (Phi) is 8.94. The summed E-state index contributed by atoms with van der Waals surface area (Å²) in [6.45, 7) is 8.43. The second-order valence-corrected chi connectivity index (χ2v) is 5.77. The quantitative estimate of drug-likeness (QED) is 0.666. The molecule has 27 heavy (non-hydrogen) atoms. The molecule has 1 amide bonds. The van der Waals surface area contributed by atoms with Crippen molar-refractivity contribution in [1.82, 2.24) is 20.1 Å². The molecule has 9 heteroatoms. The fourth-order valence-electron chi connectivity index (χ4n) is 2.26. The number of aryl methyl sites for hydroxylation is 2. The van der Waals surface area contributed by atoms with Gasteiger partial charge in [0.1, 0.15) is 24.5 Å². The molecule has 0 aliphatic rings. The molecule has 0 aliphatic carbocycles. The Morgan fingerprint density at radius 2 is 2.07 bits per heavy atom. The Morgan fingerprint density at radius 3 is 2.67 bits per heavy atom. The Balaban J connectivity index is 0.000000828. The molecular weight excluding hydrogens is 350 g/mol. The summed E-state index contributed by atoms with van der Waals surface area (Å²) in [5, 5.41) is 14.5. The van der Waals surface area contributed by atoms with Gasteiger partial charge in [0.15, 0.2) is 0 Å². The van der Waals surface area contributed by atoms with E-state index in [4.69, 9.17) is 20.4 Å². The summed E-state index contributed by atoms with van der Waals surface area (Å²) in [6, 6.07) is 5.13. The summed E-state index contributed by atoms with van der Waals surface area (Å²) in [5.74, 6) is 0.390. The van der Waals surface area contributed by atoms with E-state index < -0.39 is 5.97 Å². The number of aliphatic carboxylic acids is 1. The van der Waals surface area contributed by atoms with Gasteiger partial charge in [0, 0.05) is 25.6 Å². The number of nitrogens with one attached hydrogen (secondary N) is 1. The zero-order valence-electron chi connectivity index (χ0n) is 16.1. The van der Waals surface area contributed by atoms with Gasteiger partial charge < -0.3 is 20.9 Å². The van der Waals surface area contributed by atoms with Crippen LogP contribution in [0.5, 0.6) is 5.75 Å². The van der Waals surface area contributed by atoms with Crippen LogP contribution in [0.3, 0.4) is 0 Å². The van der Waals surface area contributed by atoms with Crippen molar-refractivity contribution in [3.63, 3.8) is 0 Å². The summed E-state index contributed by atoms with van der Waals surface area (Å²) < 4.78 is 7.32. The molecule has 0 saturated carbocycles. The molecule has 1 aromatic heterocycles. The third-order valence-electron chi connectivity index (χ3n) is 3.51. The first-order valence-electron chi connectivity index (χ1n) is 8.61. The van der Waals surface area contributed by atoms with Crippen LogP contribution in [0.2, 0.25) is 0 Å². The zero-order chi connectivity index (χ0) is 20.4. The van der Waals surface area contributed by atoms with E-state index in [2.05, 4.69) is 15.4 Å². The number of hydrogen-bond donors (Lipinski definition) is 3. The third kappa shape index (κ3) is 7.06. The number of nitrogens with zero attached hydrogens (tertiary/aromatic N) is 3. The minimum atomic E-state index is -0.833. The molecule has 1 heterocycles. The molecule has 0 aliphatic heterocycles. The number of hydrogen-bond acceptors (Lipinski definition) is 6. The molecule has 2 rings (SSSR count).